The minimum Gasteiger partial charge on any atom is -0.469 e. The normalized spacial score (nSPS) is 18.1. The van der Waals surface area contributed by atoms with Gasteiger partial charge in [-0.1, -0.05) is 4.49 Å². The average molecular weight is 264 g/mol. The van der Waals surface area contributed by atoms with Crippen LogP contribution in [-0.4, -0.2) is 15.6 Å². The molecule has 0 bridgehead atoms. The van der Waals surface area contributed by atoms with Crippen molar-refractivity contribution in [1.82, 2.24) is 14.9 Å². The van der Waals surface area contributed by atoms with Crippen molar-refractivity contribution in [3.05, 3.63) is 29.9 Å². The molecular formula is C11H12N4O2S. The summed E-state index contributed by atoms with van der Waals surface area (Å²) in [6.45, 7) is 0. The fraction of sp³-hybridized carbons (Fsp3) is 0.364. The van der Waals surface area contributed by atoms with Gasteiger partial charge in [-0.25, -0.2) is 4.79 Å². The van der Waals surface area contributed by atoms with Crippen molar-refractivity contribution in [1.29, 1.82) is 0 Å². The van der Waals surface area contributed by atoms with Gasteiger partial charge in [-0.2, -0.15) is 0 Å². The first-order chi connectivity index (χ1) is 8.83. The molecule has 18 heavy (non-hydrogen) atoms. The molecule has 0 aliphatic heterocycles. The van der Waals surface area contributed by atoms with Crippen LogP contribution in [0.25, 0.3) is 0 Å². The molecule has 2 aromatic heterocycles. The summed E-state index contributed by atoms with van der Waals surface area (Å²) in [5, 5.41) is 9.94. The maximum absolute atomic E-state index is 11.8. The smallest absolute Gasteiger partial charge is 0.320 e. The van der Waals surface area contributed by atoms with E-state index >= 15 is 0 Å². The number of rotatable bonds is 2. The van der Waals surface area contributed by atoms with Crippen LogP contribution in [0.4, 0.5) is 9.80 Å². The fourth-order valence-electron chi connectivity index (χ4n) is 2.16. The Morgan fingerprint density at radius 1 is 1.56 bits per heavy atom. The summed E-state index contributed by atoms with van der Waals surface area (Å²) in [6.07, 6.45) is 6.10. The number of anilines is 1. The van der Waals surface area contributed by atoms with Crippen molar-refractivity contribution in [3.8, 4) is 0 Å². The van der Waals surface area contributed by atoms with Crippen LogP contribution < -0.4 is 10.6 Å². The van der Waals surface area contributed by atoms with Crippen LogP contribution in [-0.2, 0) is 6.42 Å². The molecule has 3 rings (SSSR count). The number of furan rings is 1. The number of carbonyl (C=O) groups is 1. The summed E-state index contributed by atoms with van der Waals surface area (Å²) >= 11 is 1.15. The highest BCUT2D eigenvalue weighted by Crippen LogP contribution is 2.30. The molecule has 2 heterocycles. The van der Waals surface area contributed by atoms with Gasteiger partial charge in [0.15, 0.2) is 0 Å². The Kier molecular flexibility index (Phi) is 2.97. The minimum atomic E-state index is -0.236. The molecule has 0 aromatic carbocycles. The van der Waals surface area contributed by atoms with Gasteiger partial charge >= 0.3 is 6.03 Å². The molecule has 1 atom stereocenters. The second-order valence-corrected chi connectivity index (χ2v) is 4.91. The highest BCUT2D eigenvalue weighted by Gasteiger charge is 2.24. The molecule has 0 saturated carbocycles. The first kappa shape index (κ1) is 11.2. The van der Waals surface area contributed by atoms with Crippen LogP contribution in [0.5, 0.6) is 0 Å². The van der Waals surface area contributed by atoms with Crippen molar-refractivity contribution in [2.45, 2.75) is 25.3 Å². The molecule has 7 heteroatoms. The molecule has 6 nitrogen and oxygen atoms in total. The molecule has 0 fully saturated rings. The average Bonchev–Trinajstić information content (AvgIpc) is 2.99. The van der Waals surface area contributed by atoms with E-state index in [-0.39, 0.29) is 12.1 Å². The van der Waals surface area contributed by atoms with Crippen molar-refractivity contribution in [3.63, 3.8) is 0 Å². The Labute approximate surface area is 108 Å². The number of urea groups is 1. The Balaban J connectivity index is 1.66. The lowest BCUT2D eigenvalue weighted by Gasteiger charge is -2.22. The lowest BCUT2D eigenvalue weighted by atomic mass is 9.93. The highest BCUT2D eigenvalue weighted by molar-refractivity contribution is 7.10. The number of amides is 2. The number of hydrogen-bond acceptors (Lipinski definition) is 5. The van der Waals surface area contributed by atoms with Gasteiger partial charge in [0.05, 0.1) is 18.5 Å². The second-order valence-electron chi connectivity index (χ2n) is 4.12. The maximum atomic E-state index is 11.8. The molecule has 1 aliphatic carbocycles. The molecule has 2 amide bonds. The molecule has 1 aliphatic rings. The number of fused-ring (bicyclic) bond motifs is 1. The zero-order valence-electron chi connectivity index (χ0n) is 9.55. The van der Waals surface area contributed by atoms with E-state index in [1.54, 1.807) is 6.26 Å². The van der Waals surface area contributed by atoms with Gasteiger partial charge in [0.25, 0.3) is 0 Å². The molecule has 0 unspecified atom stereocenters. The summed E-state index contributed by atoms with van der Waals surface area (Å²) < 4.78 is 9.07. The van der Waals surface area contributed by atoms with Crippen LogP contribution >= 0.6 is 11.5 Å². The predicted molar refractivity (Wildman–Crippen MR) is 66.5 cm³/mol. The van der Waals surface area contributed by atoms with Crippen molar-refractivity contribution < 1.29 is 9.21 Å². The van der Waals surface area contributed by atoms with Gasteiger partial charge in [0.1, 0.15) is 10.8 Å². The summed E-state index contributed by atoms with van der Waals surface area (Å²) in [7, 11) is 0. The Morgan fingerprint density at radius 3 is 3.33 bits per heavy atom. The Bertz CT molecular complexity index is 537. The van der Waals surface area contributed by atoms with Crippen molar-refractivity contribution >= 4 is 22.6 Å². The number of hydrogen-bond donors (Lipinski definition) is 2. The lowest BCUT2D eigenvalue weighted by Crippen LogP contribution is -2.33. The molecule has 0 saturated heterocycles. The topological polar surface area (TPSA) is 80.0 Å². The maximum Gasteiger partial charge on any atom is 0.320 e. The SMILES string of the molecule is O=C(Nc1cnns1)N[C@H]1CCCc2occc21. The third kappa shape index (κ3) is 2.21. The van der Waals surface area contributed by atoms with Crippen molar-refractivity contribution in [2.24, 2.45) is 0 Å². The molecule has 94 valence electrons. The third-order valence-corrected chi connectivity index (χ3v) is 3.54. The second kappa shape index (κ2) is 4.77. The summed E-state index contributed by atoms with van der Waals surface area (Å²) in [6, 6.07) is 1.71. The zero-order chi connectivity index (χ0) is 12.4. The van der Waals surface area contributed by atoms with Crippen LogP contribution in [0, 0.1) is 0 Å². The number of aryl methyl sites for hydroxylation is 1. The number of carbonyl (C=O) groups excluding carboxylic acids is 1. The van der Waals surface area contributed by atoms with Gasteiger partial charge in [-0.3, -0.25) is 5.32 Å². The number of aromatic nitrogens is 2. The van der Waals surface area contributed by atoms with Crippen LogP contribution in [0.15, 0.2) is 22.9 Å². The van der Waals surface area contributed by atoms with Gasteiger partial charge < -0.3 is 9.73 Å². The Morgan fingerprint density at radius 2 is 2.50 bits per heavy atom. The number of nitrogens with zero attached hydrogens (tertiary/aromatic N) is 2. The monoisotopic (exact) mass is 264 g/mol. The first-order valence-corrected chi connectivity index (χ1v) is 6.51. The van der Waals surface area contributed by atoms with Gasteiger partial charge in [0, 0.05) is 23.5 Å². The highest BCUT2D eigenvalue weighted by atomic mass is 32.1. The molecule has 2 N–H and O–H groups in total. The van der Waals surface area contributed by atoms with Crippen LogP contribution in [0.2, 0.25) is 0 Å². The van der Waals surface area contributed by atoms with E-state index < -0.39 is 0 Å². The largest absolute Gasteiger partial charge is 0.469 e. The summed E-state index contributed by atoms with van der Waals surface area (Å²) in [5.41, 5.74) is 1.08. The van der Waals surface area contributed by atoms with E-state index in [9.17, 15) is 4.79 Å². The van der Waals surface area contributed by atoms with E-state index in [0.29, 0.717) is 5.00 Å². The summed E-state index contributed by atoms with van der Waals surface area (Å²) in [4.78, 5) is 11.8. The van der Waals surface area contributed by atoms with E-state index in [4.69, 9.17) is 4.42 Å². The fourth-order valence-corrected chi connectivity index (χ4v) is 2.58. The Hall–Kier alpha value is -1.89. The van der Waals surface area contributed by atoms with E-state index in [2.05, 4.69) is 20.2 Å². The van der Waals surface area contributed by atoms with Crippen LogP contribution in [0.3, 0.4) is 0 Å². The first-order valence-electron chi connectivity index (χ1n) is 5.74. The van der Waals surface area contributed by atoms with Crippen LogP contribution in [0.1, 0.15) is 30.2 Å². The van der Waals surface area contributed by atoms with Gasteiger partial charge in [-0.15, -0.1) is 5.10 Å². The standard InChI is InChI=1S/C11H12N4O2S/c16-11(14-10-6-12-15-18-10)13-8-2-1-3-9-7(8)4-5-17-9/h4-6,8H,1-3H2,(H2,13,14,16)/t8-/m0/s1. The molecule has 0 radical (unpaired) electrons. The van der Waals surface area contributed by atoms with E-state index in [1.165, 1.54) is 6.20 Å². The lowest BCUT2D eigenvalue weighted by molar-refractivity contribution is 0.246. The third-order valence-electron chi connectivity index (χ3n) is 2.96. The van der Waals surface area contributed by atoms with E-state index in [0.717, 1.165) is 42.1 Å². The quantitative estimate of drug-likeness (QED) is 0.872. The molecule has 2 aromatic rings. The zero-order valence-corrected chi connectivity index (χ0v) is 10.4. The van der Waals surface area contributed by atoms with E-state index in [1.807, 2.05) is 6.07 Å². The van der Waals surface area contributed by atoms with Gasteiger partial charge in [0.2, 0.25) is 0 Å². The number of nitrogens with one attached hydrogen (secondary N) is 2. The van der Waals surface area contributed by atoms with Crippen molar-refractivity contribution in [2.75, 3.05) is 5.32 Å². The predicted octanol–water partition coefficient (Wildman–Crippen LogP) is 2.33. The summed E-state index contributed by atoms with van der Waals surface area (Å²) in [5.74, 6) is 0.978. The molecular weight excluding hydrogens is 252 g/mol. The minimum absolute atomic E-state index is 0.0216. The molecule has 0 spiro atoms. The van der Waals surface area contributed by atoms with Gasteiger partial charge in [-0.05, 0) is 18.9 Å².